The zero-order valence-electron chi connectivity index (χ0n) is 35.1. The number of hydrogen-bond donors (Lipinski definition) is 0. The summed E-state index contributed by atoms with van der Waals surface area (Å²) in [6.07, 6.45) is 0. The molecule has 2 nitrogen and oxygen atoms in total. The number of benzene rings is 11. The Morgan fingerprint density at radius 2 is 0.797 bits per heavy atom. The Labute approximate surface area is 373 Å². The van der Waals surface area contributed by atoms with Gasteiger partial charge in [-0.3, -0.25) is 0 Å². The lowest BCUT2D eigenvalue weighted by Crippen LogP contribution is -2.11. The Hall–Kier alpha value is -8.46. The van der Waals surface area contributed by atoms with Crippen LogP contribution in [0.2, 0.25) is 0 Å². The Bertz CT molecular complexity index is 3660. The van der Waals surface area contributed by atoms with E-state index in [9.17, 15) is 0 Å². The Morgan fingerprint density at radius 1 is 0.281 bits per heavy atom. The molecular weight excluding hydrogens is 773 g/mol. The average molecular weight is 815 g/mol. The number of fused-ring (bicyclic) bond motifs is 6. The van der Waals surface area contributed by atoms with Crippen molar-refractivity contribution in [2.75, 3.05) is 4.90 Å². The molecule has 0 amide bonds. The van der Waals surface area contributed by atoms with Gasteiger partial charge in [-0.1, -0.05) is 200 Å². The molecule has 0 aliphatic rings. The molecule has 64 heavy (non-hydrogen) atoms. The molecule has 0 bridgehead atoms. The van der Waals surface area contributed by atoms with Crippen molar-refractivity contribution >= 4 is 60.4 Å². The van der Waals surface area contributed by atoms with E-state index in [2.05, 4.69) is 264 Å². The highest BCUT2D eigenvalue weighted by Gasteiger charge is 2.22. The number of anilines is 3. The third-order valence-corrected chi connectivity index (χ3v) is 12.8. The van der Waals surface area contributed by atoms with E-state index in [1.807, 2.05) is 0 Å². The van der Waals surface area contributed by atoms with Crippen LogP contribution in [-0.2, 0) is 0 Å². The van der Waals surface area contributed by atoms with Crippen LogP contribution in [0.25, 0.3) is 93.5 Å². The lowest BCUT2D eigenvalue weighted by molar-refractivity contribution is 1.18. The molecule has 0 radical (unpaired) electrons. The largest absolute Gasteiger partial charge is 0.310 e. The van der Waals surface area contributed by atoms with Crippen LogP contribution in [0.4, 0.5) is 17.1 Å². The van der Waals surface area contributed by atoms with E-state index in [0.717, 1.165) is 28.3 Å². The topological polar surface area (TPSA) is 8.17 Å². The molecule has 0 aliphatic carbocycles. The van der Waals surface area contributed by atoms with Gasteiger partial charge in [0.25, 0.3) is 0 Å². The second-order valence-corrected chi connectivity index (χ2v) is 16.4. The van der Waals surface area contributed by atoms with Crippen molar-refractivity contribution in [2.24, 2.45) is 0 Å². The summed E-state index contributed by atoms with van der Waals surface area (Å²) in [5.41, 5.74) is 16.4. The number of aromatic nitrogens is 1. The van der Waals surface area contributed by atoms with E-state index in [-0.39, 0.29) is 0 Å². The smallest absolute Gasteiger partial charge is 0.0547 e. The fourth-order valence-corrected chi connectivity index (χ4v) is 9.91. The molecule has 0 fully saturated rings. The van der Waals surface area contributed by atoms with Crippen LogP contribution in [0.3, 0.4) is 0 Å². The summed E-state index contributed by atoms with van der Waals surface area (Å²) < 4.78 is 2.39. The van der Waals surface area contributed by atoms with E-state index >= 15 is 0 Å². The first-order chi connectivity index (χ1) is 31.8. The molecule has 12 aromatic rings. The zero-order valence-corrected chi connectivity index (χ0v) is 35.1. The summed E-state index contributed by atoms with van der Waals surface area (Å²) in [6.45, 7) is 0. The van der Waals surface area contributed by atoms with Crippen molar-refractivity contribution in [1.82, 2.24) is 4.57 Å². The van der Waals surface area contributed by atoms with Crippen molar-refractivity contribution in [2.45, 2.75) is 0 Å². The van der Waals surface area contributed by atoms with Crippen LogP contribution < -0.4 is 4.90 Å². The predicted molar refractivity (Wildman–Crippen MR) is 272 cm³/mol. The van der Waals surface area contributed by atoms with Crippen molar-refractivity contribution in [3.05, 3.63) is 255 Å². The SMILES string of the molecule is c1ccc(-c2ccccc2-c2ccccc2-c2ccccc2N(c2ccc(-c3cccc4c3c3ccccc3n4-c3ccccc3)cc2)c2ccc3c(ccc4ccccc43)c2)cc1. The standard InChI is InChI=1S/C62H42N2/c1-3-18-43(19-4-1)51-24-9-10-25-54(51)55-26-11-12-27-56(55)57-28-13-15-31-59(57)63(49-40-41-52-46(42-49)35-34-44-20-7-8-23-50(44)52)48-38-36-45(37-39-48)53-30-17-33-61-62(53)58-29-14-16-32-60(58)64(61)47-21-5-2-6-22-47/h1-42H. The monoisotopic (exact) mass is 814 g/mol. The highest BCUT2D eigenvalue weighted by molar-refractivity contribution is 6.16. The number of nitrogens with zero attached hydrogens (tertiary/aromatic N) is 2. The molecule has 0 N–H and O–H groups in total. The van der Waals surface area contributed by atoms with E-state index in [1.165, 1.54) is 82.3 Å². The predicted octanol–water partition coefficient (Wildman–Crippen LogP) is 17.2. The quantitative estimate of drug-likeness (QED) is 0.139. The van der Waals surface area contributed by atoms with Gasteiger partial charge in [-0.05, 0) is 115 Å². The van der Waals surface area contributed by atoms with Crippen LogP contribution in [0, 0.1) is 0 Å². The van der Waals surface area contributed by atoms with Crippen molar-refractivity contribution in [1.29, 1.82) is 0 Å². The number of hydrogen-bond acceptors (Lipinski definition) is 1. The van der Waals surface area contributed by atoms with Gasteiger partial charge >= 0.3 is 0 Å². The van der Waals surface area contributed by atoms with Crippen molar-refractivity contribution in [3.8, 4) is 50.2 Å². The Kier molecular flexibility index (Phi) is 9.20. The van der Waals surface area contributed by atoms with Gasteiger partial charge in [0, 0.05) is 33.4 Å². The Balaban J connectivity index is 1.04. The summed E-state index contributed by atoms with van der Waals surface area (Å²) in [4.78, 5) is 2.44. The third kappa shape index (κ3) is 6.35. The molecule has 12 rings (SSSR count). The first kappa shape index (κ1) is 37.3. The van der Waals surface area contributed by atoms with Crippen molar-refractivity contribution in [3.63, 3.8) is 0 Å². The van der Waals surface area contributed by atoms with Gasteiger partial charge in [0.15, 0.2) is 0 Å². The van der Waals surface area contributed by atoms with Crippen LogP contribution in [0.5, 0.6) is 0 Å². The van der Waals surface area contributed by atoms with Crippen LogP contribution >= 0.6 is 0 Å². The molecule has 0 aliphatic heterocycles. The lowest BCUT2D eigenvalue weighted by atomic mass is 9.88. The van der Waals surface area contributed by atoms with Gasteiger partial charge in [-0.15, -0.1) is 0 Å². The highest BCUT2D eigenvalue weighted by Crippen LogP contribution is 2.47. The third-order valence-electron chi connectivity index (χ3n) is 12.8. The molecule has 0 atom stereocenters. The number of para-hydroxylation sites is 3. The summed E-state index contributed by atoms with van der Waals surface area (Å²) in [7, 11) is 0. The minimum absolute atomic E-state index is 1.08. The normalized spacial score (nSPS) is 11.4. The molecule has 0 saturated heterocycles. The van der Waals surface area contributed by atoms with Crippen LogP contribution in [0.15, 0.2) is 255 Å². The minimum Gasteiger partial charge on any atom is -0.310 e. The summed E-state index contributed by atoms with van der Waals surface area (Å²) >= 11 is 0. The number of rotatable bonds is 8. The molecule has 2 heteroatoms. The van der Waals surface area contributed by atoms with Crippen LogP contribution in [-0.4, -0.2) is 4.57 Å². The van der Waals surface area contributed by atoms with Gasteiger partial charge in [-0.25, -0.2) is 0 Å². The first-order valence-electron chi connectivity index (χ1n) is 22.0. The van der Waals surface area contributed by atoms with Gasteiger partial charge < -0.3 is 9.47 Å². The fourth-order valence-electron chi connectivity index (χ4n) is 9.91. The Morgan fingerprint density at radius 3 is 1.58 bits per heavy atom. The first-order valence-corrected chi connectivity index (χ1v) is 22.0. The maximum Gasteiger partial charge on any atom is 0.0547 e. The fraction of sp³-hybridized carbons (Fsp3) is 0. The van der Waals surface area contributed by atoms with Gasteiger partial charge in [0.05, 0.1) is 16.7 Å². The van der Waals surface area contributed by atoms with Gasteiger partial charge in [0.1, 0.15) is 0 Å². The highest BCUT2D eigenvalue weighted by atomic mass is 15.1. The molecule has 1 aromatic heterocycles. The second kappa shape index (κ2) is 15.8. The maximum atomic E-state index is 2.44. The van der Waals surface area contributed by atoms with E-state index in [1.54, 1.807) is 0 Å². The second-order valence-electron chi connectivity index (χ2n) is 16.4. The van der Waals surface area contributed by atoms with Gasteiger partial charge in [0.2, 0.25) is 0 Å². The lowest BCUT2D eigenvalue weighted by Gasteiger charge is -2.29. The molecule has 11 aromatic carbocycles. The van der Waals surface area contributed by atoms with Crippen LogP contribution in [0.1, 0.15) is 0 Å². The molecule has 300 valence electrons. The molecule has 0 saturated carbocycles. The molecule has 0 unspecified atom stereocenters. The van der Waals surface area contributed by atoms with E-state index in [0.29, 0.717) is 0 Å². The van der Waals surface area contributed by atoms with E-state index < -0.39 is 0 Å². The summed E-state index contributed by atoms with van der Waals surface area (Å²) in [6, 6.07) is 92.7. The molecule has 0 spiro atoms. The minimum atomic E-state index is 1.08. The summed E-state index contributed by atoms with van der Waals surface area (Å²) in [5, 5.41) is 7.45. The maximum absolute atomic E-state index is 2.44. The van der Waals surface area contributed by atoms with Crippen molar-refractivity contribution < 1.29 is 0 Å². The average Bonchev–Trinajstić information content (AvgIpc) is 3.72. The van der Waals surface area contributed by atoms with E-state index in [4.69, 9.17) is 0 Å². The summed E-state index contributed by atoms with van der Waals surface area (Å²) in [5.74, 6) is 0. The molecular formula is C62H42N2. The molecule has 1 heterocycles. The van der Waals surface area contributed by atoms with Gasteiger partial charge in [-0.2, -0.15) is 0 Å². The zero-order chi connectivity index (χ0) is 42.4.